The first-order chi connectivity index (χ1) is 11.8. The van der Waals surface area contributed by atoms with Gasteiger partial charge in [-0.2, -0.15) is 0 Å². The van der Waals surface area contributed by atoms with Crippen molar-refractivity contribution >= 4 is 44.6 Å². The normalized spacial score (nSPS) is 10.9. The highest BCUT2D eigenvalue weighted by molar-refractivity contribution is 9.10. The van der Waals surface area contributed by atoms with Crippen LogP contribution in [0.1, 0.15) is 0 Å². The van der Waals surface area contributed by atoms with E-state index in [-0.39, 0.29) is 0 Å². The number of hydrogen-bond acceptors (Lipinski definition) is 3. The van der Waals surface area contributed by atoms with Gasteiger partial charge in [0.2, 0.25) is 0 Å². The van der Waals surface area contributed by atoms with Gasteiger partial charge in [0.05, 0.1) is 16.7 Å². The number of para-hydroxylation sites is 1. The third-order valence-corrected chi connectivity index (χ3v) is 5.16. The third kappa shape index (κ3) is 3.18. The minimum absolute atomic E-state index is 0.895. The molecule has 1 heterocycles. The van der Waals surface area contributed by atoms with Crippen molar-refractivity contribution in [2.24, 2.45) is 0 Å². The minimum atomic E-state index is 0.895. The molecule has 0 saturated heterocycles. The fourth-order valence-corrected chi connectivity index (χ4v) is 3.68. The SMILES string of the molecule is Brc1ccccc1NSc1ccc2nc(-c3ccccc3)[nH]c2c1. The molecule has 0 aliphatic heterocycles. The van der Waals surface area contributed by atoms with E-state index >= 15 is 0 Å². The number of nitrogens with one attached hydrogen (secondary N) is 2. The topological polar surface area (TPSA) is 40.7 Å². The summed E-state index contributed by atoms with van der Waals surface area (Å²) in [4.78, 5) is 9.19. The molecule has 0 spiro atoms. The van der Waals surface area contributed by atoms with Crippen molar-refractivity contribution < 1.29 is 0 Å². The van der Waals surface area contributed by atoms with Crippen LogP contribution < -0.4 is 4.72 Å². The Labute approximate surface area is 152 Å². The van der Waals surface area contributed by atoms with Crippen LogP contribution in [0.15, 0.2) is 82.2 Å². The van der Waals surface area contributed by atoms with Crippen LogP contribution in [0, 0.1) is 0 Å². The zero-order valence-corrected chi connectivity index (χ0v) is 15.1. The molecule has 3 nitrogen and oxygen atoms in total. The van der Waals surface area contributed by atoms with Crippen LogP contribution in [0.5, 0.6) is 0 Å². The van der Waals surface area contributed by atoms with E-state index in [0.29, 0.717) is 0 Å². The molecule has 0 atom stereocenters. The first-order valence-electron chi connectivity index (χ1n) is 7.52. The van der Waals surface area contributed by atoms with Crippen LogP contribution in [0.2, 0.25) is 0 Å². The summed E-state index contributed by atoms with van der Waals surface area (Å²) in [5.41, 5.74) is 4.15. The Balaban J connectivity index is 1.58. The Hall–Kier alpha value is -2.24. The lowest BCUT2D eigenvalue weighted by Gasteiger charge is -2.07. The zero-order chi connectivity index (χ0) is 16.4. The number of anilines is 1. The fourth-order valence-electron chi connectivity index (χ4n) is 2.44. The number of H-pyrrole nitrogens is 1. The Kier molecular flexibility index (Phi) is 4.28. The summed E-state index contributed by atoms with van der Waals surface area (Å²) in [5.74, 6) is 0.895. The number of hydrogen-bond donors (Lipinski definition) is 2. The smallest absolute Gasteiger partial charge is 0.138 e. The van der Waals surface area contributed by atoms with E-state index in [4.69, 9.17) is 0 Å². The maximum atomic E-state index is 4.66. The molecule has 0 saturated carbocycles. The maximum absolute atomic E-state index is 4.66. The van der Waals surface area contributed by atoms with Gasteiger partial charge in [-0.3, -0.25) is 0 Å². The van der Waals surface area contributed by atoms with Crippen molar-refractivity contribution in [3.05, 3.63) is 77.3 Å². The van der Waals surface area contributed by atoms with Gasteiger partial charge in [-0.15, -0.1) is 0 Å². The molecule has 1 aromatic heterocycles. The maximum Gasteiger partial charge on any atom is 0.138 e. The third-order valence-electron chi connectivity index (χ3n) is 3.65. The van der Waals surface area contributed by atoms with Crippen molar-refractivity contribution in [2.75, 3.05) is 4.72 Å². The molecule has 24 heavy (non-hydrogen) atoms. The van der Waals surface area contributed by atoms with E-state index in [1.54, 1.807) is 11.9 Å². The predicted molar refractivity (Wildman–Crippen MR) is 105 cm³/mol. The van der Waals surface area contributed by atoms with Gasteiger partial charge in [-0.1, -0.05) is 42.5 Å². The fraction of sp³-hybridized carbons (Fsp3) is 0. The van der Waals surface area contributed by atoms with E-state index in [0.717, 1.165) is 37.5 Å². The number of aromatic amines is 1. The number of rotatable bonds is 4. The Morgan fingerprint density at radius 2 is 1.71 bits per heavy atom. The Morgan fingerprint density at radius 1 is 0.917 bits per heavy atom. The molecule has 118 valence electrons. The summed E-state index contributed by atoms with van der Waals surface area (Å²) in [6.07, 6.45) is 0. The molecule has 0 amide bonds. The number of halogens is 1. The molecule has 0 fully saturated rings. The highest BCUT2D eigenvalue weighted by atomic mass is 79.9. The summed E-state index contributed by atoms with van der Waals surface area (Å²) in [7, 11) is 0. The molecule has 0 aliphatic rings. The molecular formula is C19H14BrN3S. The summed E-state index contributed by atoms with van der Waals surface area (Å²) in [5, 5.41) is 0. The number of nitrogens with zero attached hydrogens (tertiary/aromatic N) is 1. The first-order valence-corrected chi connectivity index (χ1v) is 9.13. The average Bonchev–Trinajstić information content (AvgIpc) is 3.05. The molecule has 0 unspecified atom stereocenters. The quantitative estimate of drug-likeness (QED) is 0.409. The minimum Gasteiger partial charge on any atom is -0.338 e. The molecule has 5 heteroatoms. The number of aromatic nitrogens is 2. The lowest BCUT2D eigenvalue weighted by molar-refractivity contribution is 1.34. The lowest BCUT2D eigenvalue weighted by Crippen LogP contribution is -1.87. The monoisotopic (exact) mass is 395 g/mol. The van der Waals surface area contributed by atoms with E-state index in [1.807, 2.05) is 48.5 Å². The largest absolute Gasteiger partial charge is 0.338 e. The molecule has 0 radical (unpaired) electrons. The Bertz CT molecular complexity index is 982. The summed E-state index contributed by atoms with van der Waals surface area (Å²) >= 11 is 5.13. The second-order valence-corrected chi connectivity index (χ2v) is 7.05. The summed E-state index contributed by atoms with van der Waals surface area (Å²) < 4.78 is 4.42. The van der Waals surface area contributed by atoms with Crippen LogP contribution in [0.25, 0.3) is 22.4 Å². The molecule has 4 aromatic rings. The van der Waals surface area contributed by atoms with Gasteiger partial charge >= 0.3 is 0 Å². The van der Waals surface area contributed by atoms with Gasteiger partial charge in [0.1, 0.15) is 5.82 Å². The average molecular weight is 396 g/mol. The number of fused-ring (bicyclic) bond motifs is 1. The van der Waals surface area contributed by atoms with Crippen LogP contribution in [-0.4, -0.2) is 9.97 Å². The molecule has 4 rings (SSSR count). The van der Waals surface area contributed by atoms with Crippen molar-refractivity contribution in [3.8, 4) is 11.4 Å². The van der Waals surface area contributed by atoms with Gasteiger partial charge < -0.3 is 9.71 Å². The van der Waals surface area contributed by atoms with E-state index in [9.17, 15) is 0 Å². The highest BCUT2D eigenvalue weighted by Gasteiger charge is 2.06. The van der Waals surface area contributed by atoms with Crippen LogP contribution in [0.3, 0.4) is 0 Å². The second kappa shape index (κ2) is 6.71. The van der Waals surface area contributed by atoms with Crippen molar-refractivity contribution in [1.29, 1.82) is 0 Å². The number of imidazole rings is 1. The molecule has 3 aromatic carbocycles. The van der Waals surface area contributed by atoms with E-state index in [2.05, 4.69) is 54.9 Å². The van der Waals surface area contributed by atoms with E-state index < -0.39 is 0 Å². The van der Waals surface area contributed by atoms with E-state index in [1.165, 1.54) is 0 Å². The van der Waals surface area contributed by atoms with Crippen molar-refractivity contribution in [2.45, 2.75) is 4.90 Å². The van der Waals surface area contributed by atoms with Crippen LogP contribution >= 0.6 is 27.9 Å². The number of benzene rings is 3. The van der Waals surface area contributed by atoms with Gasteiger partial charge in [-0.05, 0) is 58.2 Å². The van der Waals surface area contributed by atoms with Crippen molar-refractivity contribution in [1.82, 2.24) is 9.97 Å². The first kappa shape index (κ1) is 15.3. The zero-order valence-electron chi connectivity index (χ0n) is 12.7. The van der Waals surface area contributed by atoms with Gasteiger partial charge in [0, 0.05) is 14.9 Å². The highest BCUT2D eigenvalue weighted by Crippen LogP contribution is 2.29. The molecule has 0 aliphatic carbocycles. The molecule has 2 N–H and O–H groups in total. The van der Waals surface area contributed by atoms with Crippen molar-refractivity contribution in [3.63, 3.8) is 0 Å². The lowest BCUT2D eigenvalue weighted by atomic mass is 10.2. The summed E-state index contributed by atoms with van der Waals surface area (Å²) in [6.45, 7) is 0. The molecule has 0 bridgehead atoms. The van der Waals surface area contributed by atoms with Crippen LogP contribution in [0.4, 0.5) is 5.69 Å². The summed E-state index contributed by atoms with van der Waals surface area (Å²) in [6, 6.07) is 24.5. The van der Waals surface area contributed by atoms with Gasteiger partial charge in [0.15, 0.2) is 0 Å². The Morgan fingerprint density at radius 3 is 2.54 bits per heavy atom. The predicted octanol–water partition coefficient (Wildman–Crippen LogP) is 6.11. The molecular weight excluding hydrogens is 382 g/mol. The second-order valence-electron chi connectivity index (χ2n) is 5.31. The standard InChI is InChI=1S/C19H14BrN3S/c20-15-8-4-5-9-16(15)23-24-14-10-11-17-18(12-14)22-19(21-17)13-6-2-1-3-7-13/h1-12,23H,(H,21,22). The van der Waals surface area contributed by atoms with Crippen LogP contribution in [-0.2, 0) is 0 Å². The van der Waals surface area contributed by atoms with Gasteiger partial charge in [-0.25, -0.2) is 4.98 Å². The van der Waals surface area contributed by atoms with Gasteiger partial charge in [0.25, 0.3) is 0 Å².